The largest absolute Gasteiger partial charge is 0.504 e. The van der Waals surface area contributed by atoms with Gasteiger partial charge in [-0.2, -0.15) is 0 Å². The smallest absolute Gasteiger partial charge is 0.200 e. The highest BCUT2D eigenvalue weighted by atomic mass is 16.5. The Morgan fingerprint density at radius 3 is 2.35 bits per heavy atom. The second kappa shape index (κ2) is 6.24. The van der Waals surface area contributed by atoms with E-state index in [4.69, 9.17) is 4.74 Å². The summed E-state index contributed by atoms with van der Waals surface area (Å²) in [5, 5.41) is 9.56. The minimum absolute atomic E-state index is 0.0375. The molecule has 0 aliphatic heterocycles. The lowest BCUT2D eigenvalue weighted by molar-refractivity contribution is 0.0919. The second-order valence-corrected chi connectivity index (χ2v) is 4.96. The van der Waals surface area contributed by atoms with Crippen molar-refractivity contribution in [2.45, 2.75) is 19.8 Å². The van der Waals surface area contributed by atoms with Gasteiger partial charge in [0.1, 0.15) is 0 Å². The van der Waals surface area contributed by atoms with Gasteiger partial charge in [-0.1, -0.05) is 50.2 Å². The molecule has 104 valence electrons. The summed E-state index contributed by atoms with van der Waals surface area (Å²) >= 11 is 0. The van der Waals surface area contributed by atoms with E-state index in [1.54, 1.807) is 18.2 Å². The molecule has 0 unspecified atom stereocenters. The number of carbonyl (C=O) groups excluding carboxylic acids is 1. The van der Waals surface area contributed by atoms with Crippen LogP contribution in [0.15, 0.2) is 48.5 Å². The molecule has 2 aromatic carbocycles. The van der Waals surface area contributed by atoms with Crippen molar-refractivity contribution in [2.75, 3.05) is 6.61 Å². The maximum absolute atomic E-state index is 12.0. The summed E-state index contributed by atoms with van der Waals surface area (Å²) in [6.45, 7) is 4.13. The quantitative estimate of drug-likeness (QED) is 0.841. The molecule has 0 spiro atoms. The van der Waals surface area contributed by atoms with Crippen molar-refractivity contribution >= 4 is 5.78 Å². The average molecular weight is 270 g/mol. The zero-order valence-electron chi connectivity index (χ0n) is 11.7. The third-order valence-corrected chi connectivity index (χ3v) is 3.12. The molecule has 3 nitrogen and oxygen atoms in total. The van der Waals surface area contributed by atoms with Crippen LogP contribution in [-0.4, -0.2) is 17.5 Å². The molecule has 0 fully saturated rings. The molecule has 0 radical (unpaired) electrons. The Morgan fingerprint density at radius 1 is 1.10 bits per heavy atom. The zero-order chi connectivity index (χ0) is 14.5. The Labute approximate surface area is 118 Å². The molecule has 0 aromatic heterocycles. The van der Waals surface area contributed by atoms with Crippen LogP contribution in [0.3, 0.4) is 0 Å². The number of ketones is 1. The summed E-state index contributed by atoms with van der Waals surface area (Å²) in [5.41, 5.74) is 1.81. The van der Waals surface area contributed by atoms with E-state index < -0.39 is 0 Å². The molecule has 3 heteroatoms. The van der Waals surface area contributed by atoms with Crippen molar-refractivity contribution in [2.24, 2.45) is 0 Å². The highest BCUT2D eigenvalue weighted by Gasteiger charge is 2.09. The normalized spacial score (nSPS) is 10.6. The summed E-state index contributed by atoms with van der Waals surface area (Å²) < 4.78 is 5.33. The number of carbonyl (C=O) groups is 1. The van der Waals surface area contributed by atoms with Gasteiger partial charge in [-0.05, 0) is 23.6 Å². The minimum Gasteiger partial charge on any atom is -0.504 e. The number of para-hydroxylation sites is 2. The van der Waals surface area contributed by atoms with Gasteiger partial charge >= 0.3 is 0 Å². The Balaban J connectivity index is 2.00. The van der Waals surface area contributed by atoms with E-state index in [1.807, 2.05) is 24.3 Å². The van der Waals surface area contributed by atoms with Gasteiger partial charge in [-0.3, -0.25) is 4.79 Å². The van der Waals surface area contributed by atoms with Crippen LogP contribution in [0.25, 0.3) is 0 Å². The standard InChI is InChI=1S/C17H18O3/c1-12(2)13-7-9-14(10-8-13)16(19)11-20-17-6-4-3-5-15(17)18/h3-10,12,18H,11H2,1-2H3. The fourth-order valence-corrected chi connectivity index (χ4v) is 1.86. The van der Waals surface area contributed by atoms with Gasteiger partial charge in [0.2, 0.25) is 0 Å². The topological polar surface area (TPSA) is 46.5 Å². The van der Waals surface area contributed by atoms with Crippen molar-refractivity contribution in [3.05, 3.63) is 59.7 Å². The number of phenolic OH excluding ortho intramolecular Hbond substituents is 1. The lowest BCUT2D eigenvalue weighted by Crippen LogP contribution is -2.11. The van der Waals surface area contributed by atoms with E-state index in [2.05, 4.69) is 13.8 Å². The van der Waals surface area contributed by atoms with Gasteiger partial charge in [-0.25, -0.2) is 0 Å². The van der Waals surface area contributed by atoms with Crippen LogP contribution in [0, 0.1) is 0 Å². The van der Waals surface area contributed by atoms with Crippen LogP contribution in [0.2, 0.25) is 0 Å². The van der Waals surface area contributed by atoms with Crippen LogP contribution < -0.4 is 4.74 Å². The first-order valence-corrected chi connectivity index (χ1v) is 6.62. The number of hydrogen-bond donors (Lipinski definition) is 1. The summed E-state index contributed by atoms with van der Waals surface area (Å²) in [7, 11) is 0. The summed E-state index contributed by atoms with van der Waals surface area (Å²) in [4.78, 5) is 12.0. The third-order valence-electron chi connectivity index (χ3n) is 3.12. The van der Waals surface area contributed by atoms with E-state index in [1.165, 1.54) is 11.6 Å². The lowest BCUT2D eigenvalue weighted by Gasteiger charge is -2.08. The monoisotopic (exact) mass is 270 g/mol. The lowest BCUT2D eigenvalue weighted by atomic mass is 10.0. The molecule has 2 rings (SSSR count). The molecule has 20 heavy (non-hydrogen) atoms. The van der Waals surface area contributed by atoms with Crippen molar-refractivity contribution in [1.29, 1.82) is 0 Å². The van der Waals surface area contributed by atoms with Crippen LogP contribution in [0.1, 0.15) is 35.7 Å². The predicted molar refractivity (Wildman–Crippen MR) is 78.5 cm³/mol. The molecule has 0 aliphatic carbocycles. The Bertz CT molecular complexity index is 585. The van der Waals surface area contributed by atoms with Crippen LogP contribution >= 0.6 is 0 Å². The van der Waals surface area contributed by atoms with E-state index in [-0.39, 0.29) is 18.1 Å². The Kier molecular flexibility index (Phi) is 4.41. The van der Waals surface area contributed by atoms with Crippen molar-refractivity contribution < 1.29 is 14.6 Å². The predicted octanol–water partition coefficient (Wildman–Crippen LogP) is 3.78. The van der Waals surface area contributed by atoms with Gasteiger partial charge in [0.25, 0.3) is 0 Å². The first-order valence-electron chi connectivity index (χ1n) is 6.62. The third kappa shape index (κ3) is 3.38. The number of Topliss-reactive ketones (excluding diaryl/α,β-unsaturated/α-hetero) is 1. The molecule has 0 aliphatic rings. The van der Waals surface area contributed by atoms with Crippen molar-refractivity contribution in [3.8, 4) is 11.5 Å². The van der Waals surface area contributed by atoms with Crippen LogP contribution in [-0.2, 0) is 0 Å². The molecule has 0 amide bonds. The van der Waals surface area contributed by atoms with Crippen molar-refractivity contribution in [1.82, 2.24) is 0 Å². The molecule has 0 saturated heterocycles. The van der Waals surface area contributed by atoms with Gasteiger partial charge in [0.05, 0.1) is 0 Å². The highest BCUT2D eigenvalue weighted by molar-refractivity contribution is 5.97. The first kappa shape index (κ1) is 14.1. The summed E-state index contributed by atoms with van der Waals surface area (Å²) in [5.74, 6) is 0.690. The number of aromatic hydroxyl groups is 1. The fourth-order valence-electron chi connectivity index (χ4n) is 1.86. The average Bonchev–Trinajstić information content (AvgIpc) is 2.46. The molecule has 0 atom stereocenters. The molecule has 0 bridgehead atoms. The van der Waals surface area contributed by atoms with Crippen molar-refractivity contribution in [3.63, 3.8) is 0 Å². The maximum atomic E-state index is 12.0. The summed E-state index contributed by atoms with van der Waals surface area (Å²) in [6, 6.07) is 14.1. The minimum atomic E-state index is -0.108. The van der Waals surface area contributed by atoms with E-state index >= 15 is 0 Å². The number of benzene rings is 2. The van der Waals surface area contributed by atoms with E-state index in [0.717, 1.165) is 0 Å². The van der Waals surface area contributed by atoms with Gasteiger partial charge < -0.3 is 9.84 Å². The highest BCUT2D eigenvalue weighted by Crippen LogP contribution is 2.24. The number of phenols is 1. The number of ether oxygens (including phenoxy) is 1. The molecule has 2 aromatic rings. The maximum Gasteiger partial charge on any atom is 0.200 e. The fraction of sp³-hybridized carbons (Fsp3) is 0.235. The Morgan fingerprint density at radius 2 is 1.75 bits per heavy atom. The van der Waals surface area contributed by atoms with Gasteiger partial charge in [0.15, 0.2) is 23.9 Å². The van der Waals surface area contributed by atoms with E-state index in [0.29, 0.717) is 17.2 Å². The second-order valence-electron chi connectivity index (χ2n) is 4.96. The Hall–Kier alpha value is -2.29. The van der Waals surface area contributed by atoms with Crippen LogP contribution in [0.4, 0.5) is 0 Å². The van der Waals surface area contributed by atoms with E-state index in [9.17, 15) is 9.90 Å². The molecular formula is C17H18O3. The van der Waals surface area contributed by atoms with Crippen LogP contribution in [0.5, 0.6) is 11.5 Å². The molecule has 0 saturated carbocycles. The zero-order valence-corrected chi connectivity index (χ0v) is 11.7. The summed E-state index contributed by atoms with van der Waals surface area (Å²) in [6.07, 6.45) is 0. The van der Waals surface area contributed by atoms with Gasteiger partial charge in [-0.15, -0.1) is 0 Å². The molecule has 1 N–H and O–H groups in total. The number of hydrogen-bond acceptors (Lipinski definition) is 3. The SMILES string of the molecule is CC(C)c1ccc(C(=O)COc2ccccc2O)cc1. The van der Waals surface area contributed by atoms with Gasteiger partial charge in [0, 0.05) is 5.56 Å². The molecule has 0 heterocycles. The first-order chi connectivity index (χ1) is 9.58. The number of rotatable bonds is 5. The molecular weight excluding hydrogens is 252 g/mol.